The van der Waals surface area contributed by atoms with Crippen LogP contribution in [0.5, 0.6) is 0 Å². The van der Waals surface area contributed by atoms with Gasteiger partial charge in [0.15, 0.2) is 0 Å². The van der Waals surface area contributed by atoms with Gasteiger partial charge in [0.25, 0.3) is 10.0 Å². The van der Waals surface area contributed by atoms with Crippen LogP contribution in [-0.4, -0.2) is 19.5 Å². The van der Waals surface area contributed by atoms with Crippen molar-refractivity contribution in [3.63, 3.8) is 0 Å². The Morgan fingerprint density at radius 1 is 1.14 bits per heavy atom. The maximum absolute atomic E-state index is 12.5. The van der Waals surface area contributed by atoms with E-state index in [-0.39, 0.29) is 15.5 Å². The second-order valence-electron chi connectivity index (χ2n) is 4.33. The Labute approximate surface area is 132 Å². The zero-order valence-corrected chi connectivity index (χ0v) is 12.8. The number of para-hydroxylation sites is 1. The summed E-state index contributed by atoms with van der Waals surface area (Å²) in [7, 11) is -3.89. The van der Waals surface area contributed by atoms with E-state index in [9.17, 15) is 13.2 Å². The standard InChI is InChI=1S/C15H12ClNO4S/c16-12-8-6-11(7-9-15(18)19)14(10-12)22(20,21)17-13-4-2-1-3-5-13/h1-10,17H,(H,18,19). The monoisotopic (exact) mass is 337 g/mol. The maximum atomic E-state index is 12.5. The van der Waals surface area contributed by atoms with Crippen molar-refractivity contribution in [1.82, 2.24) is 0 Å². The van der Waals surface area contributed by atoms with Gasteiger partial charge in [-0.3, -0.25) is 4.72 Å². The first-order chi connectivity index (χ1) is 10.4. The fourth-order valence-corrected chi connectivity index (χ4v) is 3.28. The lowest BCUT2D eigenvalue weighted by Gasteiger charge is -2.11. The van der Waals surface area contributed by atoms with Crippen LogP contribution in [0.15, 0.2) is 59.5 Å². The molecule has 2 aromatic rings. The van der Waals surface area contributed by atoms with E-state index in [1.807, 2.05) is 0 Å². The fourth-order valence-electron chi connectivity index (χ4n) is 1.76. The highest BCUT2D eigenvalue weighted by Crippen LogP contribution is 2.24. The number of anilines is 1. The molecule has 0 bridgehead atoms. The predicted octanol–water partition coefficient (Wildman–Crippen LogP) is 3.24. The second kappa shape index (κ2) is 6.64. The summed E-state index contributed by atoms with van der Waals surface area (Å²) < 4.78 is 27.4. The van der Waals surface area contributed by atoms with Crippen molar-refractivity contribution in [3.8, 4) is 0 Å². The third kappa shape index (κ3) is 4.09. The Balaban J connectivity index is 2.45. The van der Waals surface area contributed by atoms with Gasteiger partial charge in [-0.1, -0.05) is 35.9 Å². The van der Waals surface area contributed by atoms with Crippen molar-refractivity contribution in [2.24, 2.45) is 0 Å². The van der Waals surface area contributed by atoms with Crippen LogP contribution < -0.4 is 4.72 Å². The molecule has 0 unspecified atom stereocenters. The fraction of sp³-hybridized carbons (Fsp3) is 0. The Kier molecular flexibility index (Phi) is 4.85. The second-order valence-corrected chi connectivity index (χ2v) is 6.41. The van der Waals surface area contributed by atoms with Crippen LogP contribution >= 0.6 is 11.6 Å². The molecule has 2 N–H and O–H groups in total. The van der Waals surface area contributed by atoms with Gasteiger partial charge in [0.1, 0.15) is 0 Å². The molecule has 5 nitrogen and oxygen atoms in total. The number of benzene rings is 2. The van der Waals surface area contributed by atoms with Crippen LogP contribution in [0.4, 0.5) is 5.69 Å². The van der Waals surface area contributed by atoms with E-state index in [2.05, 4.69) is 4.72 Å². The van der Waals surface area contributed by atoms with E-state index < -0.39 is 16.0 Å². The van der Waals surface area contributed by atoms with Gasteiger partial charge in [-0.05, 0) is 35.9 Å². The maximum Gasteiger partial charge on any atom is 0.328 e. The van der Waals surface area contributed by atoms with Crippen LogP contribution in [0.2, 0.25) is 5.02 Å². The number of aliphatic carboxylic acids is 1. The summed E-state index contributed by atoms with van der Waals surface area (Å²) in [5, 5.41) is 8.92. The molecular weight excluding hydrogens is 326 g/mol. The number of carboxylic acids is 1. The first-order valence-corrected chi connectivity index (χ1v) is 8.03. The first kappa shape index (κ1) is 16.1. The lowest BCUT2D eigenvalue weighted by Crippen LogP contribution is -2.14. The molecule has 7 heteroatoms. The van der Waals surface area contributed by atoms with Crippen LogP contribution in [0.3, 0.4) is 0 Å². The van der Waals surface area contributed by atoms with E-state index >= 15 is 0 Å². The van der Waals surface area contributed by atoms with Crippen molar-refractivity contribution in [2.45, 2.75) is 4.90 Å². The molecular formula is C15H12ClNO4S. The molecule has 0 saturated heterocycles. The van der Waals surface area contributed by atoms with Crippen molar-refractivity contribution in [2.75, 3.05) is 4.72 Å². The number of hydrogen-bond donors (Lipinski definition) is 2. The number of halogens is 1. The Morgan fingerprint density at radius 3 is 2.45 bits per heavy atom. The number of nitrogens with one attached hydrogen (secondary N) is 1. The SMILES string of the molecule is O=C(O)C=Cc1ccc(Cl)cc1S(=O)(=O)Nc1ccccc1. The number of sulfonamides is 1. The molecule has 0 atom stereocenters. The molecule has 0 heterocycles. The third-order valence-electron chi connectivity index (χ3n) is 2.70. The van der Waals surface area contributed by atoms with E-state index in [1.165, 1.54) is 24.3 Å². The van der Waals surface area contributed by atoms with Gasteiger partial charge in [-0.25, -0.2) is 13.2 Å². The van der Waals surface area contributed by atoms with Gasteiger partial charge in [-0.2, -0.15) is 0 Å². The molecule has 0 aromatic heterocycles. The number of carboxylic acid groups (broad SMARTS) is 1. The summed E-state index contributed by atoms with van der Waals surface area (Å²) in [6.45, 7) is 0. The van der Waals surface area contributed by atoms with Gasteiger partial charge in [0.2, 0.25) is 0 Å². The van der Waals surface area contributed by atoms with Crippen molar-refractivity contribution < 1.29 is 18.3 Å². The molecule has 0 amide bonds. The summed E-state index contributed by atoms with van der Waals surface area (Å²) in [6, 6.07) is 12.6. The normalized spacial score (nSPS) is 11.5. The van der Waals surface area contributed by atoms with Gasteiger partial charge in [0, 0.05) is 16.8 Å². The molecule has 0 aliphatic carbocycles. The molecule has 22 heavy (non-hydrogen) atoms. The van der Waals surface area contributed by atoms with E-state index in [1.54, 1.807) is 30.3 Å². The minimum absolute atomic E-state index is 0.0960. The van der Waals surface area contributed by atoms with Gasteiger partial charge < -0.3 is 5.11 Å². The van der Waals surface area contributed by atoms with E-state index in [0.29, 0.717) is 5.69 Å². The Bertz CT molecular complexity index is 817. The quantitative estimate of drug-likeness (QED) is 0.820. The molecule has 0 aliphatic heterocycles. The molecule has 0 spiro atoms. The lowest BCUT2D eigenvalue weighted by atomic mass is 10.2. The smallest absolute Gasteiger partial charge is 0.328 e. The highest BCUT2D eigenvalue weighted by Gasteiger charge is 2.18. The van der Waals surface area contributed by atoms with Crippen LogP contribution in [0.1, 0.15) is 5.56 Å². The molecule has 0 aliphatic rings. The minimum atomic E-state index is -3.89. The molecule has 114 valence electrons. The molecule has 0 radical (unpaired) electrons. The van der Waals surface area contributed by atoms with Crippen molar-refractivity contribution in [3.05, 3.63) is 65.2 Å². The van der Waals surface area contributed by atoms with Crippen molar-refractivity contribution >= 4 is 39.4 Å². The van der Waals surface area contributed by atoms with Gasteiger partial charge >= 0.3 is 5.97 Å². The number of rotatable bonds is 5. The highest BCUT2D eigenvalue weighted by molar-refractivity contribution is 7.92. The highest BCUT2D eigenvalue weighted by atomic mass is 35.5. The zero-order chi connectivity index (χ0) is 16.2. The molecule has 0 fully saturated rings. The topological polar surface area (TPSA) is 83.5 Å². The zero-order valence-electron chi connectivity index (χ0n) is 11.2. The van der Waals surface area contributed by atoms with E-state index in [4.69, 9.17) is 16.7 Å². The summed E-state index contributed by atoms with van der Waals surface area (Å²) in [5.41, 5.74) is 0.630. The number of carbonyl (C=O) groups is 1. The van der Waals surface area contributed by atoms with Crippen LogP contribution in [0.25, 0.3) is 6.08 Å². The summed E-state index contributed by atoms with van der Waals surface area (Å²) in [4.78, 5) is 10.5. The Hall–Kier alpha value is -2.31. The predicted molar refractivity (Wildman–Crippen MR) is 85.4 cm³/mol. The Morgan fingerprint density at radius 2 is 1.82 bits per heavy atom. The average molecular weight is 338 g/mol. The molecule has 0 saturated carbocycles. The largest absolute Gasteiger partial charge is 0.478 e. The van der Waals surface area contributed by atoms with Gasteiger partial charge in [0.05, 0.1) is 4.90 Å². The third-order valence-corrected chi connectivity index (χ3v) is 4.37. The van der Waals surface area contributed by atoms with Crippen LogP contribution in [-0.2, 0) is 14.8 Å². The molecule has 2 aromatic carbocycles. The summed E-state index contributed by atoms with van der Waals surface area (Å²) in [5.74, 6) is -1.17. The summed E-state index contributed by atoms with van der Waals surface area (Å²) >= 11 is 5.86. The average Bonchev–Trinajstić information content (AvgIpc) is 2.46. The van der Waals surface area contributed by atoms with E-state index in [0.717, 1.165) is 6.08 Å². The van der Waals surface area contributed by atoms with Crippen LogP contribution in [0, 0.1) is 0 Å². The van der Waals surface area contributed by atoms with Gasteiger partial charge in [-0.15, -0.1) is 0 Å². The lowest BCUT2D eigenvalue weighted by molar-refractivity contribution is -0.131. The first-order valence-electron chi connectivity index (χ1n) is 6.17. The van der Waals surface area contributed by atoms with Crippen molar-refractivity contribution in [1.29, 1.82) is 0 Å². The number of hydrogen-bond acceptors (Lipinski definition) is 3. The minimum Gasteiger partial charge on any atom is -0.478 e. The molecule has 2 rings (SSSR count). The summed E-state index contributed by atoms with van der Waals surface area (Å²) in [6.07, 6.45) is 2.07.